The fourth-order valence-corrected chi connectivity index (χ4v) is 2.52. The van der Waals surface area contributed by atoms with E-state index in [2.05, 4.69) is 10.3 Å². The van der Waals surface area contributed by atoms with Gasteiger partial charge in [-0.25, -0.2) is 0 Å². The number of aromatic nitrogens is 1. The number of amides is 1. The number of carbonyl (C=O) groups is 1. The molecule has 0 bridgehead atoms. The molecule has 18 heavy (non-hydrogen) atoms. The van der Waals surface area contributed by atoms with E-state index < -0.39 is 0 Å². The normalized spacial score (nSPS) is 20.3. The largest absolute Gasteiger partial charge is 0.351 e. The Labute approximate surface area is 110 Å². The first kappa shape index (κ1) is 11.6. The summed E-state index contributed by atoms with van der Waals surface area (Å²) in [5, 5.41) is 4.16. The molecule has 5 heteroatoms. The minimum absolute atomic E-state index is 0.0124. The molecule has 2 N–H and O–H groups in total. The van der Waals surface area contributed by atoms with Crippen LogP contribution in [0.3, 0.4) is 0 Å². The van der Waals surface area contributed by atoms with E-state index in [9.17, 15) is 4.79 Å². The van der Waals surface area contributed by atoms with Crippen LogP contribution in [-0.4, -0.2) is 40.9 Å². The Kier molecular flexibility index (Phi) is 2.97. The summed E-state index contributed by atoms with van der Waals surface area (Å²) < 4.78 is 0. The topological polar surface area (TPSA) is 48.1 Å². The van der Waals surface area contributed by atoms with Crippen molar-refractivity contribution in [2.24, 2.45) is 0 Å². The first-order valence-electron chi connectivity index (χ1n) is 5.98. The number of nitrogens with one attached hydrogen (secondary N) is 2. The number of alkyl halides is 1. The Hall–Kier alpha value is -1.52. The molecule has 1 atom stereocenters. The second kappa shape index (κ2) is 4.63. The van der Waals surface area contributed by atoms with Gasteiger partial charge >= 0.3 is 0 Å². The number of piperazine rings is 1. The van der Waals surface area contributed by atoms with Crippen LogP contribution < -0.4 is 5.32 Å². The van der Waals surface area contributed by atoms with Gasteiger partial charge in [-0.3, -0.25) is 10.1 Å². The summed E-state index contributed by atoms with van der Waals surface area (Å²) in [5.41, 5.74) is 1.45. The lowest BCUT2D eigenvalue weighted by Gasteiger charge is -2.30. The molecule has 1 saturated heterocycles. The Morgan fingerprint density at radius 1 is 1.39 bits per heavy atom. The van der Waals surface area contributed by atoms with Gasteiger partial charge in [0.05, 0.1) is 6.54 Å². The van der Waals surface area contributed by atoms with Crippen LogP contribution in [-0.2, 0) is 0 Å². The van der Waals surface area contributed by atoms with Crippen LogP contribution in [0.2, 0.25) is 0 Å². The Morgan fingerprint density at radius 3 is 3.00 bits per heavy atom. The van der Waals surface area contributed by atoms with Gasteiger partial charge in [-0.05, 0) is 12.1 Å². The van der Waals surface area contributed by atoms with Crippen molar-refractivity contribution in [2.45, 2.75) is 5.50 Å². The lowest BCUT2D eigenvalue weighted by Crippen LogP contribution is -2.50. The van der Waals surface area contributed by atoms with E-state index in [-0.39, 0.29) is 11.4 Å². The summed E-state index contributed by atoms with van der Waals surface area (Å²) >= 11 is 6.01. The van der Waals surface area contributed by atoms with Gasteiger partial charge in [0.2, 0.25) is 0 Å². The van der Waals surface area contributed by atoms with Crippen LogP contribution in [0.1, 0.15) is 10.5 Å². The quantitative estimate of drug-likeness (QED) is 0.609. The molecule has 2 aromatic rings. The average Bonchev–Trinajstić information content (AvgIpc) is 2.81. The number of para-hydroxylation sites is 1. The number of hydrogen-bond acceptors (Lipinski definition) is 2. The second-order valence-corrected chi connectivity index (χ2v) is 4.97. The highest BCUT2D eigenvalue weighted by molar-refractivity contribution is 6.20. The summed E-state index contributed by atoms with van der Waals surface area (Å²) in [6, 6.07) is 9.76. The maximum absolute atomic E-state index is 12.3. The van der Waals surface area contributed by atoms with Crippen molar-refractivity contribution in [3.05, 3.63) is 36.0 Å². The molecule has 1 aromatic heterocycles. The molecule has 1 fully saturated rings. The number of benzene rings is 1. The van der Waals surface area contributed by atoms with Crippen molar-refractivity contribution in [2.75, 3.05) is 19.6 Å². The lowest BCUT2D eigenvalue weighted by atomic mass is 10.2. The van der Waals surface area contributed by atoms with Crippen LogP contribution >= 0.6 is 11.6 Å². The lowest BCUT2D eigenvalue weighted by molar-refractivity contribution is 0.0721. The van der Waals surface area contributed by atoms with E-state index in [1.165, 1.54) is 0 Å². The van der Waals surface area contributed by atoms with Gasteiger partial charge in [-0.15, -0.1) is 11.6 Å². The number of aromatic amines is 1. The SMILES string of the molecule is O=C(c1cc2ccccc2[nH]1)N1CCNC(Cl)C1. The molecule has 0 spiro atoms. The zero-order valence-corrected chi connectivity index (χ0v) is 10.6. The fraction of sp³-hybridized carbons (Fsp3) is 0.308. The number of hydrogen-bond donors (Lipinski definition) is 2. The molecule has 1 unspecified atom stereocenters. The van der Waals surface area contributed by atoms with Gasteiger partial charge < -0.3 is 9.88 Å². The Morgan fingerprint density at radius 2 is 2.22 bits per heavy atom. The minimum Gasteiger partial charge on any atom is -0.351 e. The van der Waals surface area contributed by atoms with E-state index in [0.29, 0.717) is 18.8 Å². The number of carbonyl (C=O) groups excluding carboxylic acids is 1. The molecule has 0 radical (unpaired) electrons. The predicted molar refractivity (Wildman–Crippen MR) is 71.8 cm³/mol. The predicted octanol–water partition coefficient (Wildman–Crippen LogP) is 1.78. The number of halogens is 1. The standard InChI is InChI=1S/C13H14ClN3O/c14-12-8-17(6-5-15-12)13(18)11-7-9-3-1-2-4-10(9)16-11/h1-4,7,12,15-16H,5-6,8H2. The molecule has 1 amide bonds. The third-order valence-electron chi connectivity index (χ3n) is 3.18. The van der Waals surface area contributed by atoms with Crippen molar-refractivity contribution < 1.29 is 4.79 Å². The Bertz CT molecular complexity index is 547. The molecule has 0 saturated carbocycles. The van der Waals surface area contributed by atoms with Crippen molar-refractivity contribution >= 4 is 28.4 Å². The first-order valence-corrected chi connectivity index (χ1v) is 6.42. The number of H-pyrrole nitrogens is 1. The third kappa shape index (κ3) is 2.09. The first-order chi connectivity index (χ1) is 8.74. The second-order valence-electron chi connectivity index (χ2n) is 4.44. The summed E-state index contributed by atoms with van der Waals surface area (Å²) in [4.78, 5) is 17.3. The molecule has 3 rings (SSSR count). The van der Waals surface area contributed by atoms with Gasteiger partial charge in [-0.1, -0.05) is 18.2 Å². The van der Waals surface area contributed by atoms with Gasteiger partial charge in [0.15, 0.2) is 0 Å². The highest BCUT2D eigenvalue weighted by Crippen LogP contribution is 2.16. The minimum atomic E-state index is -0.160. The fourth-order valence-electron chi connectivity index (χ4n) is 2.25. The van der Waals surface area contributed by atoms with E-state index in [1.807, 2.05) is 30.3 Å². The van der Waals surface area contributed by atoms with Crippen molar-refractivity contribution in [1.29, 1.82) is 0 Å². The van der Waals surface area contributed by atoms with E-state index in [1.54, 1.807) is 4.90 Å². The molecule has 0 aliphatic carbocycles. The monoisotopic (exact) mass is 263 g/mol. The van der Waals surface area contributed by atoms with Crippen LogP contribution in [0.4, 0.5) is 0 Å². The summed E-state index contributed by atoms with van der Waals surface area (Å²) in [7, 11) is 0. The third-order valence-corrected chi connectivity index (χ3v) is 3.47. The smallest absolute Gasteiger partial charge is 0.270 e. The molecule has 1 aromatic carbocycles. The van der Waals surface area contributed by atoms with Crippen LogP contribution in [0.15, 0.2) is 30.3 Å². The number of rotatable bonds is 1. The van der Waals surface area contributed by atoms with Crippen molar-refractivity contribution in [1.82, 2.24) is 15.2 Å². The molecule has 1 aliphatic rings. The van der Waals surface area contributed by atoms with E-state index >= 15 is 0 Å². The maximum atomic E-state index is 12.3. The zero-order chi connectivity index (χ0) is 12.5. The highest BCUT2D eigenvalue weighted by Gasteiger charge is 2.23. The molecule has 2 heterocycles. The summed E-state index contributed by atoms with van der Waals surface area (Å²) in [6.07, 6.45) is 0. The molecule has 4 nitrogen and oxygen atoms in total. The van der Waals surface area contributed by atoms with Crippen LogP contribution in [0.5, 0.6) is 0 Å². The molecular weight excluding hydrogens is 250 g/mol. The number of fused-ring (bicyclic) bond motifs is 1. The Balaban J connectivity index is 1.87. The average molecular weight is 264 g/mol. The summed E-state index contributed by atoms with van der Waals surface area (Å²) in [6.45, 7) is 1.97. The van der Waals surface area contributed by atoms with E-state index in [4.69, 9.17) is 11.6 Å². The summed E-state index contributed by atoms with van der Waals surface area (Å²) in [5.74, 6) is 0.0124. The number of nitrogens with zero attached hydrogens (tertiary/aromatic N) is 1. The highest BCUT2D eigenvalue weighted by atomic mass is 35.5. The van der Waals surface area contributed by atoms with Crippen LogP contribution in [0, 0.1) is 0 Å². The maximum Gasteiger partial charge on any atom is 0.270 e. The molecule has 94 valence electrons. The van der Waals surface area contributed by atoms with Crippen LogP contribution in [0.25, 0.3) is 10.9 Å². The zero-order valence-electron chi connectivity index (χ0n) is 9.82. The molecular formula is C13H14ClN3O. The van der Waals surface area contributed by atoms with E-state index in [0.717, 1.165) is 17.4 Å². The van der Waals surface area contributed by atoms with Gasteiger partial charge in [0.1, 0.15) is 11.2 Å². The van der Waals surface area contributed by atoms with Gasteiger partial charge in [0.25, 0.3) is 5.91 Å². The van der Waals surface area contributed by atoms with Gasteiger partial charge in [0, 0.05) is 24.0 Å². The van der Waals surface area contributed by atoms with Crippen molar-refractivity contribution in [3.8, 4) is 0 Å². The van der Waals surface area contributed by atoms with Crippen molar-refractivity contribution in [3.63, 3.8) is 0 Å². The van der Waals surface area contributed by atoms with Gasteiger partial charge in [-0.2, -0.15) is 0 Å². The molecule has 1 aliphatic heterocycles.